The molecule has 0 saturated carbocycles. The van der Waals surface area contributed by atoms with Crippen molar-refractivity contribution in [3.8, 4) is 16.9 Å². The Bertz CT molecular complexity index is 1180. The molecule has 0 amide bonds. The molecular formula is C20H20ClN3O3S. The number of nitrogens with zero attached hydrogens (tertiary/aromatic N) is 2. The van der Waals surface area contributed by atoms with Crippen LogP contribution in [0.15, 0.2) is 42.6 Å². The smallest absolute Gasteiger partial charge is 0.211 e. The van der Waals surface area contributed by atoms with Gasteiger partial charge in [-0.15, -0.1) is 0 Å². The lowest BCUT2D eigenvalue weighted by atomic mass is 10.0. The lowest BCUT2D eigenvalue weighted by Crippen LogP contribution is -2.33. The molecule has 2 aromatic heterocycles. The molecule has 3 heterocycles. The summed E-state index contributed by atoms with van der Waals surface area (Å²) in [6, 6.07) is 9.52. The van der Waals surface area contributed by atoms with Gasteiger partial charge in [0.1, 0.15) is 11.4 Å². The van der Waals surface area contributed by atoms with Crippen molar-refractivity contribution >= 4 is 38.2 Å². The summed E-state index contributed by atoms with van der Waals surface area (Å²) in [7, 11) is -1.54. The Balaban J connectivity index is 1.77. The van der Waals surface area contributed by atoms with Crippen LogP contribution in [0.4, 0.5) is 0 Å². The highest BCUT2D eigenvalue weighted by Gasteiger charge is 2.21. The largest absolute Gasteiger partial charge is 0.496 e. The number of H-pyrrole nitrogens is 1. The summed E-state index contributed by atoms with van der Waals surface area (Å²) < 4.78 is 30.4. The fourth-order valence-corrected chi connectivity index (χ4v) is 4.46. The maximum Gasteiger partial charge on any atom is 0.211 e. The number of ether oxygens (including phenoxy) is 1. The van der Waals surface area contributed by atoms with E-state index < -0.39 is 10.0 Å². The standard InChI is InChI=1S/C20H20ClN3O3S/c1-27-19-4-3-14(21)11-16(19)15-5-8-22-20-17(15)12-18(23-20)13-6-9-24(10-7-13)28(2,25)26/h3-6,8,11-12H,7,9-10H2,1-2H3,(H,22,23). The predicted molar refractivity (Wildman–Crippen MR) is 112 cm³/mol. The molecule has 0 aliphatic carbocycles. The topological polar surface area (TPSA) is 75.3 Å². The molecule has 6 nitrogen and oxygen atoms in total. The Labute approximate surface area is 168 Å². The van der Waals surface area contributed by atoms with Gasteiger partial charge < -0.3 is 9.72 Å². The summed E-state index contributed by atoms with van der Waals surface area (Å²) in [6.07, 6.45) is 5.59. The molecule has 0 radical (unpaired) electrons. The molecule has 1 aliphatic rings. The number of halogens is 1. The Morgan fingerprint density at radius 2 is 2.04 bits per heavy atom. The monoisotopic (exact) mass is 417 g/mol. The van der Waals surface area contributed by atoms with Gasteiger partial charge in [0.15, 0.2) is 0 Å². The van der Waals surface area contributed by atoms with E-state index in [2.05, 4.69) is 16.0 Å². The van der Waals surface area contributed by atoms with E-state index in [4.69, 9.17) is 16.3 Å². The fourth-order valence-electron chi connectivity index (χ4n) is 3.52. The lowest BCUT2D eigenvalue weighted by molar-refractivity contribution is 0.416. The summed E-state index contributed by atoms with van der Waals surface area (Å²) in [5.41, 5.74) is 4.67. The van der Waals surface area contributed by atoms with Gasteiger partial charge in [-0.3, -0.25) is 0 Å². The highest BCUT2D eigenvalue weighted by Crippen LogP contribution is 2.37. The minimum absolute atomic E-state index is 0.381. The van der Waals surface area contributed by atoms with E-state index in [0.717, 1.165) is 39.2 Å². The average molecular weight is 418 g/mol. The summed E-state index contributed by atoms with van der Waals surface area (Å²) in [5.74, 6) is 0.736. The zero-order valence-corrected chi connectivity index (χ0v) is 17.1. The lowest BCUT2D eigenvalue weighted by Gasteiger charge is -2.23. The maximum absolute atomic E-state index is 11.7. The van der Waals surface area contributed by atoms with Crippen molar-refractivity contribution in [2.75, 3.05) is 26.5 Å². The molecule has 1 aromatic carbocycles. The molecule has 28 heavy (non-hydrogen) atoms. The quantitative estimate of drug-likeness (QED) is 0.697. The number of rotatable bonds is 4. The number of methoxy groups -OCH3 is 1. The number of nitrogens with one attached hydrogen (secondary N) is 1. The van der Waals surface area contributed by atoms with Gasteiger partial charge in [0.05, 0.1) is 13.4 Å². The molecule has 8 heteroatoms. The van der Waals surface area contributed by atoms with Crippen LogP contribution in [0.1, 0.15) is 12.1 Å². The third-order valence-electron chi connectivity index (χ3n) is 4.97. The Kier molecular flexibility index (Phi) is 4.91. The van der Waals surface area contributed by atoms with E-state index in [1.54, 1.807) is 19.4 Å². The second-order valence-corrected chi connectivity index (χ2v) is 9.17. The summed E-state index contributed by atoms with van der Waals surface area (Å²) >= 11 is 6.21. The summed E-state index contributed by atoms with van der Waals surface area (Å²) in [4.78, 5) is 7.81. The van der Waals surface area contributed by atoms with Gasteiger partial charge in [-0.25, -0.2) is 13.4 Å². The van der Waals surface area contributed by atoms with Gasteiger partial charge in [0.25, 0.3) is 0 Å². The number of hydrogen-bond donors (Lipinski definition) is 1. The van der Waals surface area contributed by atoms with Crippen molar-refractivity contribution < 1.29 is 13.2 Å². The van der Waals surface area contributed by atoms with Gasteiger partial charge in [-0.2, -0.15) is 4.31 Å². The third-order valence-corrected chi connectivity index (χ3v) is 6.48. The van der Waals surface area contributed by atoms with Crippen molar-refractivity contribution in [1.29, 1.82) is 0 Å². The first-order valence-corrected chi connectivity index (χ1v) is 11.1. The molecule has 1 aliphatic heterocycles. The Morgan fingerprint density at radius 1 is 1.21 bits per heavy atom. The number of pyridine rings is 1. The van der Waals surface area contributed by atoms with E-state index in [1.165, 1.54) is 10.6 Å². The second kappa shape index (κ2) is 7.24. The van der Waals surface area contributed by atoms with Gasteiger partial charge in [-0.1, -0.05) is 17.7 Å². The summed E-state index contributed by atoms with van der Waals surface area (Å²) in [6.45, 7) is 0.856. The Morgan fingerprint density at radius 3 is 2.71 bits per heavy atom. The van der Waals surface area contributed by atoms with Crippen LogP contribution in [0.25, 0.3) is 27.7 Å². The number of fused-ring (bicyclic) bond motifs is 1. The van der Waals surface area contributed by atoms with Crippen LogP contribution in [-0.4, -0.2) is 49.1 Å². The highest BCUT2D eigenvalue weighted by molar-refractivity contribution is 7.88. The predicted octanol–water partition coefficient (Wildman–Crippen LogP) is 3.94. The van der Waals surface area contributed by atoms with Crippen molar-refractivity contribution in [1.82, 2.24) is 14.3 Å². The van der Waals surface area contributed by atoms with E-state index in [9.17, 15) is 8.42 Å². The average Bonchev–Trinajstić information content (AvgIpc) is 3.11. The molecule has 1 N–H and O–H groups in total. The van der Waals surface area contributed by atoms with Crippen molar-refractivity contribution in [2.45, 2.75) is 6.42 Å². The Hall–Kier alpha value is -2.35. The van der Waals surface area contributed by atoms with Gasteiger partial charge >= 0.3 is 0 Å². The van der Waals surface area contributed by atoms with Crippen LogP contribution < -0.4 is 4.74 Å². The van der Waals surface area contributed by atoms with Gasteiger partial charge in [0, 0.05) is 41.0 Å². The SMILES string of the molecule is COc1ccc(Cl)cc1-c1ccnc2[nH]c(C3=CCN(S(C)(=O)=O)CC3)cc12. The molecule has 0 fully saturated rings. The number of benzene rings is 1. The molecule has 4 rings (SSSR count). The zero-order chi connectivity index (χ0) is 19.9. The first-order chi connectivity index (χ1) is 13.4. The second-order valence-electron chi connectivity index (χ2n) is 6.75. The van der Waals surface area contributed by atoms with Gasteiger partial charge in [-0.05, 0) is 47.9 Å². The number of sulfonamides is 1. The minimum atomic E-state index is -3.17. The first-order valence-electron chi connectivity index (χ1n) is 8.83. The van der Waals surface area contributed by atoms with E-state index in [-0.39, 0.29) is 0 Å². The first kappa shape index (κ1) is 19.0. The third kappa shape index (κ3) is 3.53. The number of aromatic amines is 1. The number of hydrogen-bond acceptors (Lipinski definition) is 4. The van der Waals surface area contributed by atoms with Crippen molar-refractivity contribution in [2.24, 2.45) is 0 Å². The van der Waals surface area contributed by atoms with Crippen LogP contribution in [0.2, 0.25) is 5.02 Å². The minimum Gasteiger partial charge on any atom is -0.496 e. The van der Waals surface area contributed by atoms with Crippen LogP contribution in [0, 0.1) is 0 Å². The fraction of sp³-hybridized carbons (Fsp3) is 0.250. The van der Waals surface area contributed by atoms with Crippen LogP contribution in [0.5, 0.6) is 5.75 Å². The molecule has 146 valence electrons. The molecule has 0 saturated heterocycles. The normalized spacial score (nSPS) is 15.6. The molecule has 0 bridgehead atoms. The summed E-state index contributed by atoms with van der Waals surface area (Å²) in [5, 5.41) is 1.59. The van der Waals surface area contributed by atoms with Crippen LogP contribution in [0.3, 0.4) is 0 Å². The van der Waals surface area contributed by atoms with E-state index >= 15 is 0 Å². The maximum atomic E-state index is 11.7. The van der Waals surface area contributed by atoms with Crippen LogP contribution in [-0.2, 0) is 10.0 Å². The molecule has 0 unspecified atom stereocenters. The molecule has 0 spiro atoms. The van der Waals surface area contributed by atoms with Crippen LogP contribution >= 0.6 is 11.6 Å². The van der Waals surface area contributed by atoms with E-state index in [1.807, 2.05) is 24.3 Å². The number of aromatic nitrogens is 2. The highest BCUT2D eigenvalue weighted by atomic mass is 35.5. The molecule has 3 aromatic rings. The zero-order valence-electron chi connectivity index (χ0n) is 15.6. The van der Waals surface area contributed by atoms with Crippen molar-refractivity contribution in [3.05, 3.63) is 53.3 Å². The van der Waals surface area contributed by atoms with E-state index in [0.29, 0.717) is 24.5 Å². The van der Waals surface area contributed by atoms with Crippen molar-refractivity contribution in [3.63, 3.8) is 0 Å². The molecular weight excluding hydrogens is 398 g/mol. The molecule has 0 atom stereocenters. The van der Waals surface area contributed by atoms with Gasteiger partial charge in [0.2, 0.25) is 10.0 Å².